The van der Waals surface area contributed by atoms with Crippen LogP contribution in [0.2, 0.25) is 0 Å². The molecule has 7 atom stereocenters. The third-order valence-corrected chi connectivity index (χ3v) is 8.47. The van der Waals surface area contributed by atoms with Crippen molar-refractivity contribution in [3.8, 4) is 0 Å². The first-order valence-corrected chi connectivity index (χ1v) is 9.76. The maximum absolute atomic E-state index is 10.3. The van der Waals surface area contributed by atoms with Crippen LogP contribution < -0.4 is 0 Å². The van der Waals surface area contributed by atoms with Crippen molar-refractivity contribution in [2.45, 2.75) is 65.7 Å². The van der Waals surface area contributed by atoms with Crippen molar-refractivity contribution in [1.82, 2.24) is 0 Å². The molecule has 2 unspecified atom stereocenters. The summed E-state index contributed by atoms with van der Waals surface area (Å²) in [5, 5.41) is 20.3. The molecule has 3 rings (SSSR count). The normalized spacial score (nSPS) is 50.8. The van der Waals surface area contributed by atoms with Gasteiger partial charge in [0.05, 0.1) is 0 Å². The van der Waals surface area contributed by atoms with Crippen molar-refractivity contribution >= 4 is 0 Å². The second-order valence-corrected chi connectivity index (χ2v) is 9.42. The summed E-state index contributed by atoms with van der Waals surface area (Å²) in [6, 6.07) is 0. The van der Waals surface area contributed by atoms with E-state index in [1.54, 1.807) is 0 Å². The smallest absolute Gasteiger partial charge is 0.0465 e. The molecule has 3 saturated carbocycles. The molecule has 0 aromatic heterocycles. The Bertz CT molecular complexity index is 459. The molecular formula is C21H36O2. The number of hydrogen-bond donors (Lipinski definition) is 2. The van der Waals surface area contributed by atoms with Crippen LogP contribution in [-0.4, -0.2) is 23.4 Å². The number of aliphatic hydroxyl groups excluding tert-OH is 2. The van der Waals surface area contributed by atoms with E-state index in [1.165, 1.54) is 37.7 Å². The Morgan fingerprint density at radius 2 is 1.78 bits per heavy atom. The Kier molecular flexibility index (Phi) is 4.70. The Morgan fingerprint density at radius 1 is 1.04 bits per heavy atom. The monoisotopic (exact) mass is 320 g/mol. The van der Waals surface area contributed by atoms with Crippen LogP contribution in [0.15, 0.2) is 12.2 Å². The van der Waals surface area contributed by atoms with Crippen molar-refractivity contribution in [2.24, 2.45) is 40.4 Å². The molecule has 0 spiro atoms. The molecule has 0 radical (unpaired) electrons. The van der Waals surface area contributed by atoms with E-state index in [0.717, 1.165) is 18.8 Å². The van der Waals surface area contributed by atoms with Gasteiger partial charge in [0.25, 0.3) is 0 Å². The van der Waals surface area contributed by atoms with E-state index in [0.29, 0.717) is 36.9 Å². The van der Waals surface area contributed by atoms with Crippen molar-refractivity contribution in [3.05, 3.63) is 12.2 Å². The minimum atomic E-state index is 0.194. The summed E-state index contributed by atoms with van der Waals surface area (Å²) in [4.78, 5) is 0. The molecule has 23 heavy (non-hydrogen) atoms. The first-order chi connectivity index (χ1) is 10.9. The van der Waals surface area contributed by atoms with Crippen molar-refractivity contribution < 1.29 is 10.2 Å². The van der Waals surface area contributed by atoms with Crippen molar-refractivity contribution in [3.63, 3.8) is 0 Å². The lowest BCUT2D eigenvalue weighted by molar-refractivity contribution is -0.0927. The van der Waals surface area contributed by atoms with Crippen molar-refractivity contribution in [2.75, 3.05) is 13.2 Å². The quantitative estimate of drug-likeness (QED) is 0.756. The SMILES string of the molecule is C=C1CCC2[C@H](CO)C([C@@]3(C)CC[C@H](C)C[C@@H]3CO)CC[C@]12C. The Balaban J connectivity index is 1.89. The maximum atomic E-state index is 10.3. The predicted octanol–water partition coefficient (Wildman–Crippen LogP) is 4.41. The van der Waals surface area contributed by atoms with Crippen LogP contribution in [0.4, 0.5) is 0 Å². The highest BCUT2D eigenvalue weighted by Crippen LogP contribution is 2.63. The zero-order chi connectivity index (χ0) is 16.8. The minimum Gasteiger partial charge on any atom is -0.396 e. The molecule has 2 N–H and O–H groups in total. The zero-order valence-electron chi connectivity index (χ0n) is 15.4. The van der Waals surface area contributed by atoms with E-state index >= 15 is 0 Å². The summed E-state index contributed by atoms with van der Waals surface area (Å²) in [5.74, 6) is 2.67. The Morgan fingerprint density at radius 3 is 2.43 bits per heavy atom. The van der Waals surface area contributed by atoms with E-state index in [9.17, 15) is 10.2 Å². The minimum absolute atomic E-state index is 0.194. The Labute approximate surface area is 142 Å². The average molecular weight is 321 g/mol. The third kappa shape index (κ3) is 2.61. The second kappa shape index (κ2) is 6.19. The fourth-order valence-corrected chi connectivity index (χ4v) is 6.67. The van der Waals surface area contributed by atoms with Crippen LogP contribution in [0.25, 0.3) is 0 Å². The lowest BCUT2D eigenvalue weighted by Gasteiger charge is -2.56. The van der Waals surface area contributed by atoms with Gasteiger partial charge >= 0.3 is 0 Å². The van der Waals surface area contributed by atoms with E-state index in [4.69, 9.17) is 0 Å². The number of rotatable bonds is 3. The van der Waals surface area contributed by atoms with E-state index in [-0.39, 0.29) is 10.8 Å². The molecule has 0 heterocycles. The molecule has 0 aromatic carbocycles. The highest BCUT2D eigenvalue weighted by Gasteiger charge is 2.56. The van der Waals surface area contributed by atoms with Crippen LogP contribution in [0.3, 0.4) is 0 Å². The van der Waals surface area contributed by atoms with Gasteiger partial charge in [-0.1, -0.05) is 39.3 Å². The van der Waals surface area contributed by atoms with Crippen LogP contribution in [0.1, 0.15) is 65.7 Å². The topological polar surface area (TPSA) is 40.5 Å². The molecule has 2 nitrogen and oxygen atoms in total. The van der Waals surface area contributed by atoms with Gasteiger partial charge in [-0.15, -0.1) is 0 Å². The van der Waals surface area contributed by atoms with Crippen LogP contribution in [-0.2, 0) is 0 Å². The summed E-state index contributed by atoms with van der Waals surface area (Å²) in [6.45, 7) is 12.1. The number of aliphatic hydroxyl groups is 2. The lowest BCUT2D eigenvalue weighted by atomic mass is 9.49. The summed E-state index contributed by atoms with van der Waals surface area (Å²) < 4.78 is 0. The van der Waals surface area contributed by atoms with Gasteiger partial charge < -0.3 is 10.2 Å². The standard InChI is InChI=1S/C21H36O2/c1-14-7-9-21(4,16(11-14)12-22)19-8-10-20(3)15(2)5-6-18(20)17(19)13-23/h14,16-19,22-23H,2,5-13H2,1,3-4H3/t14-,16+,17-,18?,19?,20+,21-/m0/s1. The number of fused-ring (bicyclic) bond motifs is 1. The largest absolute Gasteiger partial charge is 0.396 e. The third-order valence-electron chi connectivity index (χ3n) is 8.47. The first kappa shape index (κ1) is 17.5. The molecule has 2 heteroatoms. The van der Waals surface area contributed by atoms with Crippen LogP contribution in [0, 0.1) is 40.4 Å². The van der Waals surface area contributed by atoms with E-state index < -0.39 is 0 Å². The van der Waals surface area contributed by atoms with Gasteiger partial charge in [0.15, 0.2) is 0 Å². The van der Waals surface area contributed by atoms with Gasteiger partial charge in [0.1, 0.15) is 0 Å². The summed E-state index contributed by atoms with van der Waals surface area (Å²) >= 11 is 0. The molecule has 0 aromatic rings. The predicted molar refractivity (Wildman–Crippen MR) is 95.0 cm³/mol. The number of allylic oxidation sites excluding steroid dienone is 1. The fourth-order valence-electron chi connectivity index (χ4n) is 6.67. The van der Waals surface area contributed by atoms with Gasteiger partial charge in [-0.2, -0.15) is 0 Å². The zero-order valence-corrected chi connectivity index (χ0v) is 15.4. The highest BCUT2D eigenvalue weighted by atomic mass is 16.3. The second-order valence-electron chi connectivity index (χ2n) is 9.42. The summed E-state index contributed by atoms with van der Waals surface area (Å²) in [7, 11) is 0. The average Bonchev–Trinajstić information content (AvgIpc) is 2.84. The van der Waals surface area contributed by atoms with Gasteiger partial charge in [-0.3, -0.25) is 0 Å². The van der Waals surface area contributed by atoms with E-state index in [2.05, 4.69) is 27.4 Å². The van der Waals surface area contributed by atoms with Gasteiger partial charge in [-0.05, 0) is 78.9 Å². The van der Waals surface area contributed by atoms with Gasteiger partial charge in [0, 0.05) is 13.2 Å². The molecule has 3 aliphatic rings. The molecule has 3 fully saturated rings. The molecule has 0 amide bonds. The number of hydrogen-bond acceptors (Lipinski definition) is 2. The molecular weight excluding hydrogens is 284 g/mol. The Hall–Kier alpha value is -0.340. The summed E-state index contributed by atoms with van der Waals surface area (Å²) in [5.41, 5.74) is 1.86. The van der Waals surface area contributed by atoms with Gasteiger partial charge in [-0.25, -0.2) is 0 Å². The molecule has 132 valence electrons. The maximum Gasteiger partial charge on any atom is 0.0465 e. The van der Waals surface area contributed by atoms with E-state index in [1.807, 2.05) is 0 Å². The molecule has 3 aliphatic carbocycles. The fraction of sp³-hybridized carbons (Fsp3) is 0.905. The lowest BCUT2D eigenvalue weighted by Crippen LogP contribution is -2.51. The van der Waals surface area contributed by atoms with Crippen molar-refractivity contribution in [1.29, 1.82) is 0 Å². The first-order valence-electron chi connectivity index (χ1n) is 9.76. The molecule has 0 bridgehead atoms. The molecule has 0 aliphatic heterocycles. The van der Waals surface area contributed by atoms with Crippen LogP contribution in [0.5, 0.6) is 0 Å². The summed E-state index contributed by atoms with van der Waals surface area (Å²) in [6.07, 6.45) is 8.39. The van der Waals surface area contributed by atoms with Crippen LogP contribution >= 0.6 is 0 Å². The highest BCUT2D eigenvalue weighted by molar-refractivity contribution is 5.20. The molecule has 0 saturated heterocycles. The van der Waals surface area contributed by atoms with Gasteiger partial charge in [0.2, 0.25) is 0 Å².